The van der Waals surface area contributed by atoms with E-state index in [0.29, 0.717) is 16.1 Å². The van der Waals surface area contributed by atoms with Gasteiger partial charge in [0.25, 0.3) is 0 Å². The quantitative estimate of drug-likeness (QED) is 0.293. The van der Waals surface area contributed by atoms with Crippen LogP contribution in [0.1, 0.15) is 27.0 Å². The van der Waals surface area contributed by atoms with E-state index in [1.165, 1.54) is 12.3 Å². The molecule has 2 aromatic rings. The predicted molar refractivity (Wildman–Crippen MR) is 90.8 cm³/mol. The number of halogens is 1. The van der Waals surface area contributed by atoms with E-state index in [0.717, 1.165) is 17.7 Å². The van der Waals surface area contributed by atoms with Gasteiger partial charge in [-0.3, -0.25) is 9.79 Å². The summed E-state index contributed by atoms with van der Waals surface area (Å²) in [5, 5.41) is 38.8. The van der Waals surface area contributed by atoms with Crippen LogP contribution in [0.15, 0.2) is 23.2 Å². The van der Waals surface area contributed by atoms with Crippen molar-refractivity contribution in [3.8, 4) is 23.0 Å². The molecule has 0 aliphatic carbocycles. The molecule has 4 N–H and O–H groups in total. The van der Waals surface area contributed by atoms with Crippen molar-refractivity contribution in [2.75, 3.05) is 6.54 Å². The van der Waals surface area contributed by atoms with Gasteiger partial charge in [-0.25, -0.2) is 0 Å². The molecule has 0 heterocycles. The Kier molecular flexibility index (Phi) is 4.99. The smallest absolute Gasteiger partial charge is 0.188 e. The second-order valence-corrected chi connectivity index (χ2v) is 5.69. The third-order valence-corrected chi connectivity index (χ3v) is 4.14. The number of carbonyl (C=O) groups excluding carboxylic acids is 1. The first kappa shape index (κ1) is 17.6. The average Bonchev–Trinajstić information content (AvgIpc) is 2.51. The molecule has 0 radical (unpaired) electrons. The predicted octanol–water partition coefficient (Wildman–Crippen LogP) is 3.08. The highest BCUT2D eigenvalue weighted by Gasteiger charge is 2.15. The van der Waals surface area contributed by atoms with Gasteiger partial charge in [-0.05, 0) is 37.1 Å². The molecule has 2 rings (SSSR count). The number of phenolic OH excluding ortho intramolecular Hbond substituents is 4. The van der Waals surface area contributed by atoms with Crippen LogP contribution in [0.5, 0.6) is 23.0 Å². The summed E-state index contributed by atoms with van der Waals surface area (Å²) in [5.41, 5.74) is 1.60. The maximum absolute atomic E-state index is 12.1. The molecule has 0 spiro atoms. The van der Waals surface area contributed by atoms with Crippen LogP contribution in [0, 0.1) is 13.8 Å². The lowest BCUT2D eigenvalue weighted by atomic mass is 10.0. The number of hydrogen-bond donors (Lipinski definition) is 4. The van der Waals surface area contributed by atoms with E-state index < -0.39 is 23.0 Å². The summed E-state index contributed by atoms with van der Waals surface area (Å²) in [6.45, 7) is 3.17. The van der Waals surface area contributed by atoms with Crippen LogP contribution in [-0.2, 0) is 0 Å². The maximum atomic E-state index is 12.1. The highest BCUT2D eigenvalue weighted by molar-refractivity contribution is 6.32. The number of ketones is 1. The molecular formula is C17H16ClNO5. The molecule has 24 heavy (non-hydrogen) atoms. The molecule has 0 atom stereocenters. The van der Waals surface area contributed by atoms with Crippen molar-refractivity contribution < 1.29 is 25.2 Å². The largest absolute Gasteiger partial charge is 0.507 e. The van der Waals surface area contributed by atoms with Crippen LogP contribution in [0.25, 0.3) is 0 Å². The summed E-state index contributed by atoms with van der Waals surface area (Å²) < 4.78 is 0. The maximum Gasteiger partial charge on any atom is 0.188 e. The number of benzene rings is 2. The lowest BCUT2D eigenvalue weighted by molar-refractivity contribution is 0.0999. The molecule has 0 bridgehead atoms. The molecule has 6 nitrogen and oxygen atoms in total. The zero-order valence-electron chi connectivity index (χ0n) is 13.0. The highest BCUT2D eigenvalue weighted by Crippen LogP contribution is 2.32. The Balaban J connectivity index is 2.23. The monoisotopic (exact) mass is 349 g/mol. The molecule has 0 aromatic heterocycles. The third-order valence-electron chi connectivity index (χ3n) is 3.56. The standard InChI is InChI=1S/C17H16ClNO5/c1-8-3-12(20)11(9(2)17(8)18)6-19-7-16(24)10-4-14(22)15(23)5-13(10)21/h3-6,20-23H,7H2,1-2H3. The van der Waals surface area contributed by atoms with E-state index >= 15 is 0 Å². The Labute approximate surface area is 143 Å². The van der Waals surface area contributed by atoms with Crippen LogP contribution >= 0.6 is 11.6 Å². The number of nitrogens with zero attached hydrogens (tertiary/aromatic N) is 1. The van der Waals surface area contributed by atoms with Crippen LogP contribution in [-0.4, -0.2) is 39.0 Å². The van der Waals surface area contributed by atoms with Crippen LogP contribution in [0.4, 0.5) is 0 Å². The van der Waals surface area contributed by atoms with Crippen molar-refractivity contribution >= 4 is 23.6 Å². The molecule has 0 fully saturated rings. The van der Waals surface area contributed by atoms with Crippen molar-refractivity contribution in [2.24, 2.45) is 4.99 Å². The van der Waals surface area contributed by atoms with Crippen molar-refractivity contribution in [3.63, 3.8) is 0 Å². The molecule has 0 saturated carbocycles. The van der Waals surface area contributed by atoms with Crippen molar-refractivity contribution in [2.45, 2.75) is 13.8 Å². The van der Waals surface area contributed by atoms with Gasteiger partial charge in [0.05, 0.1) is 5.56 Å². The van der Waals surface area contributed by atoms with Crippen LogP contribution in [0.2, 0.25) is 5.02 Å². The second-order valence-electron chi connectivity index (χ2n) is 5.32. The van der Waals surface area contributed by atoms with Gasteiger partial charge in [0.15, 0.2) is 17.3 Å². The minimum absolute atomic E-state index is 0.00396. The minimum Gasteiger partial charge on any atom is -0.507 e. The van der Waals surface area contributed by atoms with E-state index in [-0.39, 0.29) is 17.9 Å². The molecule has 0 aliphatic rings. The number of Topliss-reactive ketones (excluding diaryl/α,β-unsaturated/α-hetero) is 1. The Hall–Kier alpha value is -2.73. The topological polar surface area (TPSA) is 110 Å². The number of carbonyl (C=O) groups is 1. The Morgan fingerprint density at radius 2 is 1.67 bits per heavy atom. The minimum atomic E-state index is -0.561. The Morgan fingerprint density at radius 3 is 2.33 bits per heavy atom. The number of aliphatic imine (C=N–C) groups is 1. The average molecular weight is 350 g/mol. The highest BCUT2D eigenvalue weighted by atomic mass is 35.5. The van der Waals surface area contributed by atoms with Gasteiger partial charge in [-0.2, -0.15) is 0 Å². The van der Waals surface area contributed by atoms with Crippen LogP contribution in [0.3, 0.4) is 0 Å². The zero-order valence-corrected chi connectivity index (χ0v) is 13.8. The third kappa shape index (κ3) is 3.44. The van der Waals surface area contributed by atoms with E-state index in [2.05, 4.69) is 4.99 Å². The van der Waals surface area contributed by atoms with E-state index in [4.69, 9.17) is 11.6 Å². The first-order chi connectivity index (χ1) is 11.2. The fraction of sp³-hybridized carbons (Fsp3) is 0.176. The normalized spacial score (nSPS) is 11.1. The van der Waals surface area contributed by atoms with Gasteiger partial charge < -0.3 is 20.4 Å². The summed E-state index contributed by atoms with van der Waals surface area (Å²) in [5.74, 6) is -2.06. The number of hydrogen-bond acceptors (Lipinski definition) is 6. The second kappa shape index (κ2) is 6.80. The van der Waals surface area contributed by atoms with Crippen molar-refractivity contribution in [1.82, 2.24) is 0 Å². The zero-order chi connectivity index (χ0) is 18.0. The summed E-state index contributed by atoms with van der Waals surface area (Å²) in [6, 6.07) is 3.35. The lowest BCUT2D eigenvalue weighted by Crippen LogP contribution is -2.04. The van der Waals surface area contributed by atoms with Gasteiger partial charge in [0.1, 0.15) is 18.0 Å². The lowest BCUT2D eigenvalue weighted by Gasteiger charge is -2.08. The van der Waals surface area contributed by atoms with E-state index in [9.17, 15) is 25.2 Å². The molecule has 2 aromatic carbocycles. The Morgan fingerprint density at radius 1 is 1.04 bits per heavy atom. The van der Waals surface area contributed by atoms with Gasteiger partial charge in [0.2, 0.25) is 0 Å². The molecule has 0 aliphatic heterocycles. The molecule has 126 valence electrons. The van der Waals surface area contributed by atoms with Crippen molar-refractivity contribution in [1.29, 1.82) is 0 Å². The molecule has 7 heteroatoms. The van der Waals surface area contributed by atoms with E-state index in [1.807, 2.05) is 0 Å². The number of aryl methyl sites for hydroxylation is 1. The fourth-order valence-electron chi connectivity index (χ4n) is 2.21. The number of phenols is 4. The Bertz CT molecular complexity index is 846. The summed E-state index contributed by atoms with van der Waals surface area (Å²) >= 11 is 6.12. The molecule has 0 saturated heterocycles. The summed E-state index contributed by atoms with van der Waals surface area (Å²) in [7, 11) is 0. The SMILES string of the molecule is Cc1cc(O)c(C=NCC(=O)c2cc(O)c(O)cc2O)c(C)c1Cl. The van der Waals surface area contributed by atoms with E-state index in [1.54, 1.807) is 13.8 Å². The number of rotatable bonds is 4. The summed E-state index contributed by atoms with van der Waals surface area (Å²) in [6.07, 6.45) is 1.32. The number of aromatic hydroxyl groups is 4. The van der Waals surface area contributed by atoms with Gasteiger partial charge in [-0.15, -0.1) is 0 Å². The molecular weight excluding hydrogens is 334 g/mol. The first-order valence-electron chi connectivity index (χ1n) is 6.99. The van der Waals surface area contributed by atoms with Crippen molar-refractivity contribution in [3.05, 3.63) is 45.5 Å². The van der Waals surface area contributed by atoms with Gasteiger partial charge in [-0.1, -0.05) is 11.6 Å². The molecule has 0 unspecified atom stereocenters. The first-order valence-corrected chi connectivity index (χ1v) is 7.36. The molecule has 0 amide bonds. The summed E-state index contributed by atoms with van der Waals surface area (Å²) in [4.78, 5) is 16.0. The van der Waals surface area contributed by atoms with Gasteiger partial charge >= 0.3 is 0 Å². The van der Waals surface area contributed by atoms with Gasteiger partial charge in [0, 0.05) is 22.9 Å². The van der Waals surface area contributed by atoms with Crippen LogP contribution < -0.4 is 0 Å². The fourth-order valence-corrected chi connectivity index (χ4v) is 2.37.